The summed E-state index contributed by atoms with van der Waals surface area (Å²) in [4.78, 5) is 25.0. The number of amides is 2. The van der Waals surface area contributed by atoms with Crippen LogP contribution >= 0.6 is 0 Å². The average Bonchev–Trinajstić information content (AvgIpc) is 3.00. The van der Waals surface area contributed by atoms with Gasteiger partial charge in [-0.1, -0.05) is 18.7 Å². The van der Waals surface area contributed by atoms with Crippen molar-refractivity contribution in [1.29, 1.82) is 0 Å². The van der Waals surface area contributed by atoms with Gasteiger partial charge in [0.15, 0.2) is 37.9 Å². The van der Waals surface area contributed by atoms with Gasteiger partial charge in [0.2, 0.25) is 5.91 Å². The molecule has 0 bridgehead atoms. The van der Waals surface area contributed by atoms with Gasteiger partial charge in [0.05, 0.1) is 11.1 Å². The van der Waals surface area contributed by atoms with E-state index < -0.39 is 31.8 Å². The molecule has 0 spiro atoms. The zero-order chi connectivity index (χ0) is 33.4. The fourth-order valence-corrected chi connectivity index (χ4v) is 4.87. The van der Waals surface area contributed by atoms with E-state index >= 15 is 0 Å². The zero-order valence-electron chi connectivity index (χ0n) is 25.2. The van der Waals surface area contributed by atoms with Gasteiger partial charge in [0, 0.05) is 35.9 Å². The Hall–Kier alpha value is -4.75. The van der Waals surface area contributed by atoms with Crippen molar-refractivity contribution in [1.82, 2.24) is 10.6 Å². The molecule has 46 heavy (non-hydrogen) atoms. The molecular formula is C32H34B2F2N4O6+2. The molecule has 6 N–H and O–H groups in total. The number of pyridine rings is 2. The first-order chi connectivity index (χ1) is 21.9. The number of benzene rings is 2. The Balaban J connectivity index is 1.66. The van der Waals surface area contributed by atoms with Gasteiger partial charge in [-0.25, -0.2) is 13.3 Å². The topological polar surface area (TPSA) is 147 Å². The van der Waals surface area contributed by atoms with Crippen LogP contribution in [-0.2, 0) is 17.9 Å². The van der Waals surface area contributed by atoms with Crippen LogP contribution < -0.4 is 30.7 Å². The predicted molar refractivity (Wildman–Crippen MR) is 168 cm³/mol. The summed E-state index contributed by atoms with van der Waals surface area (Å²) in [5, 5.41) is 44.7. The second-order valence-corrected chi connectivity index (χ2v) is 10.8. The molecular weight excluding hydrogens is 596 g/mol. The largest absolute Gasteiger partial charge is 0.488 e. The first kappa shape index (κ1) is 34.1. The molecule has 0 radical (unpaired) electrons. The molecule has 2 amide bonds. The van der Waals surface area contributed by atoms with E-state index in [2.05, 4.69) is 17.2 Å². The first-order valence-corrected chi connectivity index (χ1v) is 14.5. The molecule has 0 fully saturated rings. The highest BCUT2D eigenvalue weighted by Crippen LogP contribution is 2.18. The first-order valence-electron chi connectivity index (χ1n) is 14.5. The van der Waals surface area contributed by atoms with Crippen LogP contribution in [0.2, 0.25) is 0 Å². The van der Waals surface area contributed by atoms with Crippen LogP contribution in [0, 0.1) is 11.6 Å². The lowest BCUT2D eigenvalue weighted by Gasteiger charge is -2.10. The zero-order valence-corrected chi connectivity index (χ0v) is 25.2. The molecule has 0 aliphatic heterocycles. The van der Waals surface area contributed by atoms with E-state index in [1.54, 1.807) is 59.0 Å². The molecule has 2 aromatic carbocycles. The van der Waals surface area contributed by atoms with Crippen molar-refractivity contribution >= 4 is 37.0 Å². The Kier molecular flexibility index (Phi) is 11.5. The van der Waals surface area contributed by atoms with Gasteiger partial charge in [-0.15, -0.1) is 0 Å². The maximum atomic E-state index is 14.2. The molecule has 10 nitrogen and oxygen atoms in total. The van der Waals surface area contributed by atoms with Gasteiger partial charge in [-0.3, -0.25) is 9.59 Å². The van der Waals surface area contributed by atoms with E-state index in [4.69, 9.17) is 0 Å². The van der Waals surface area contributed by atoms with Crippen LogP contribution in [0.1, 0.15) is 34.8 Å². The molecule has 2 heterocycles. The van der Waals surface area contributed by atoms with Crippen LogP contribution in [-0.4, -0.2) is 59.2 Å². The lowest BCUT2D eigenvalue weighted by molar-refractivity contribution is -0.689. The maximum Gasteiger partial charge on any atom is 0.488 e. The van der Waals surface area contributed by atoms with Crippen LogP contribution in [0.15, 0.2) is 91.5 Å². The van der Waals surface area contributed by atoms with Gasteiger partial charge in [-0.2, -0.15) is 4.57 Å². The van der Waals surface area contributed by atoms with Crippen LogP contribution in [0.5, 0.6) is 0 Å². The van der Waals surface area contributed by atoms with E-state index in [0.717, 1.165) is 12.1 Å². The molecule has 236 valence electrons. The van der Waals surface area contributed by atoms with E-state index in [0.29, 0.717) is 40.8 Å². The highest BCUT2D eigenvalue weighted by Gasteiger charge is 2.23. The Bertz CT molecular complexity index is 1760. The summed E-state index contributed by atoms with van der Waals surface area (Å²) in [6.45, 7) is 5.90. The van der Waals surface area contributed by atoms with E-state index in [-0.39, 0.29) is 42.0 Å². The molecule has 0 saturated heterocycles. The third-order valence-electron chi connectivity index (χ3n) is 7.16. The van der Waals surface area contributed by atoms with Crippen molar-refractivity contribution in [2.75, 3.05) is 13.1 Å². The van der Waals surface area contributed by atoms with Crippen LogP contribution in [0.4, 0.5) is 8.78 Å². The number of rotatable bonds is 13. The van der Waals surface area contributed by atoms with E-state index in [9.17, 15) is 38.5 Å². The van der Waals surface area contributed by atoms with Gasteiger partial charge >= 0.3 is 14.2 Å². The van der Waals surface area contributed by atoms with Gasteiger partial charge < -0.3 is 30.7 Å². The van der Waals surface area contributed by atoms with Crippen molar-refractivity contribution in [3.8, 4) is 11.1 Å². The second-order valence-electron chi connectivity index (χ2n) is 10.8. The van der Waals surface area contributed by atoms with Crippen LogP contribution in [0.3, 0.4) is 0 Å². The lowest BCUT2D eigenvalue weighted by atomic mass is 9.77. The number of aromatic nitrogens is 2. The Morgan fingerprint density at radius 1 is 0.783 bits per heavy atom. The number of carbonyl (C=O) groups is 2. The molecule has 14 heteroatoms. The van der Waals surface area contributed by atoms with E-state index in [1.165, 1.54) is 24.3 Å². The van der Waals surface area contributed by atoms with Crippen LogP contribution in [0.25, 0.3) is 11.1 Å². The Morgan fingerprint density at radius 3 is 1.93 bits per heavy atom. The molecule has 4 rings (SSSR count). The number of hydrogen-bond acceptors (Lipinski definition) is 6. The summed E-state index contributed by atoms with van der Waals surface area (Å²) in [5.74, 6) is -1.78. The molecule has 2 aromatic heterocycles. The van der Waals surface area contributed by atoms with Crippen molar-refractivity contribution in [3.05, 3.63) is 120 Å². The van der Waals surface area contributed by atoms with E-state index in [1.807, 2.05) is 0 Å². The third-order valence-corrected chi connectivity index (χ3v) is 7.16. The maximum absolute atomic E-state index is 14.2. The minimum Gasteiger partial charge on any atom is -0.423 e. The molecule has 0 aliphatic rings. The molecule has 0 saturated carbocycles. The fourth-order valence-electron chi connectivity index (χ4n) is 4.87. The fraction of sp³-hybridized carbons (Fsp3) is 0.188. The number of halogens is 2. The summed E-state index contributed by atoms with van der Waals surface area (Å²) in [5.41, 5.74) is 2.80. The number of carbonyl (C=O) groups excluding carboxylic acids is 2. The Morgan fingerprint density at radius 2 is 1.35 bits per heavy atom. The highest BCUT2D eigenvalue weighted by molar-refractivity contribution is 6.59. The summed E-state index contributed by atoms with van der Waals surface area (Å²) in [6, 6.07) is 12.5. The molecule has 4 aromatic rings. The molecule has 0 unspecified atom stereocenters. The quantitative estimate of drug-likeness (QED) is 0.0508. The predicted octanol–water partition coefficient (Wildman–Crippen LogP) is -0.525. The summed E-state index contributed by atoms with van der Waals surface area (Å²) >= 11 is 0. The van der Waals surface area contributed by atoms with Gasteiger partial charge in [0.25, 0.3) is 5.91 Å². The third kappa shape index (κ3) is 9.14. The SMILES string of the molecule is C=C(C)C(=O)NCCCNC(=O)c1cc(-c2ccc[n+](Cc3cc(F)ccc3B(O)O)c2)c[n+](Cc2cc(F)ccc2B(O)O)c1. The normalized spacial score (nSPS) is 10.8. The monoisotopic (exact) mass is 630 g/mol. The number of nitrogens with zero attached hydrogens (tertiary/aromatic N) is 2. The van der Waals surface area contributed by atoms with Crippen molar-refractivity contribution in [2.24, 2.45) is 0 Å². The van der Waals surface area contributed by atoms with Crippen molar-refractivity contribution in [2.45, 2.75) is 26.4 Å². The summed E-state index contributed by atoms with van der Waals surface area (Å²) in [7, 11) is -3.63. The van der Waals surface area contributed by atoms with Crippen molar-refractivity contribution in [3.63, 3.8) is 0 Å². The minimum absolute atomic E-state index is 0.000354. The second kappa shape index (κ2) is 15.5. The Labute approximate surface area is 265 Å². The summed E-state index contributed by atoms with van der Waals surface area (Å²) < 4.78 is 31.5. The minimum atomic E-state index is -1.84. The number of hydrogen-bond donors (Lipinski definition) is 6. The molecule has 0 aliphatic carbocycles. The van der Waals surface area contributed by atoms with Crippen molar-refractivity contribution < 1.29 is 47.6 Å². The van der Waals surface area contributed by atoms with Gasteiger partial charge in [0.1, 0.15) is 17.2 Å². The number of nitrogens with one attached hydrogen (secondary N) is 2. The lowest BCUT2D eigenvalue weighted by Crippen LogP contribution is -2.42. The average molecular weight is 630 g/mol. The molecule has 0 atom stereocenters. The smallest absolute Gasteiger partial charge is 0.423 e. The highest BCUT2D eigenvalue weighted by atomic mass is 19.1. The van der Waals surface area contributed by atoms with Gasteiger partial charge in [-0.05, 0) is 60.7 Å². The summed E-state index contributed by atoms with van der Waals surface area (Å²) in [6.07, 6.45) is 7.21. The standard InChI is InChI=1S/C32H32B2F2N4O6/c1-21(2)31(41)37-10-4-11-38-32(42)26-13-23(17-40(20-26)19-25-15-28(36)7-9-30(25)34(45)46)22-5-3-12-39(16-22)18-24-14-27(35)6-8-29(24)33(43)44/h3,5-9,12-17,20,43-46H,1,4,10-11,18-19H2,2H3/p+2.